The lowest BCUT2D eigenvalue weighted by Gasteiger charge is -2.25. The molecular weight excluding hydrogens is 456 g/mol. The highest BCUT2D eigenvalue weighted by Crippen LogP contribution is 2.29. The lowest BCUT2D eigenvalue weighted by Crippen LogP contribution is -2.37. The van der Waals surface area contributed by atoms with E-state index < -0.39 is 5.25 Å². The zero-order valence-electron chi connectivity index (χ0n) is 19.9. The average molecular weight is 483 g/mol. The highest BCUT2D eigenvalue weighted by molar-refractivity contribution is 8.00. The summed E-state index contributed by atoms with van der Waals surface area (Å²) in [5, 5.41) is 9.56. The lowest BCUT2D eigenvalue weighted by atomic mass is 10.1. The number of rotatable bonds is 7. The first-order chi connectivity index (χ1) is 16.9. The van der Waals surface area contributed by atoms with Crippen molar-refractivity contribution in [1.82, 2.24) is 9.55 Å². The van der Waals surface area contributed by atoms with Gasteiger partial charge in [0.25, 0.3) is 5.56 Å². The molecule has 0 N–H and O–H groups in total. The van der Waals surface area contributed by atoms with Gasteiger partial charge >= 0.3 is 0 Å². The molecule has 1 aromatic heterocycles. The van der Waals surface area contributed by atoms with Crippen LogP contribution >= 0.6 is 11.8 Å². The highest BCUT2D eigenvalue weighted by atomic mass is 32.2. The number of amides is 1. The molecule has 0 fully saturated rings. The summed E-state index contributed by atoms with van der Waals surface area (Å²) in [7, 11) is 0. The van der Waals surface area contributed by atoms with Crippen LogP contribution in [-0.4, -0.2) is 27.3 Å². The molecule has 0 saturated carbocycles. The number of anilines is 1. The normalized spacial score (nSPS) is 11.7. The number of hydrogen-bond donors (Lipinski definition) is 0. The largest absolute Gasteiger partial charge is 0.310 e. The number of carbonyl (C=O) groups excluding carboxylic acids is 1. The summed E-state index contributed by atoms with van der Waals surface area (Å²) in [5.74, 6) is -0.146. The van der Waals surface area contributed by atoms with Crippen molar-refractivity contribution >= 4 is 34.3 Å². The van der Waals surface area contributed by atoms with Crippen molar-refractivity contribution in [2.75, 3.05) is 11.4 Å². The van der Waals surface area contributed by atoms with Crippen molar-refractivity contribution < 1.29 is 4.79 Å². The SMILES string of the molecule is Cc1cccc(C)c1-n1c(S[C@@H](C)C(=O)N(CCC#N)c2ccccc2)nc2ccccc2c1=O. The standard InChI is InChI=1S/C28H26N4O2S/c1-19-11-9-12-20(2)25(19)32-27(34)23-15-7-8-16-24(23)30-28(32)35-21(3)26(33)31(18-10-17-29)22-13-5-4-6-14-22/h4-9,11-16,21H,10,18H2,1-3H3/t21-/m0/s1. The van der Waals surface area contributed by atoms with Gasteiger partial charge in [0.15, 0.2) is 5.16 Å². The molecule has 0 aliphatic heterocycles. The molecule has 6 nitrogen and oxygen atoms in total. The van der Waals surface area contributed by atoms with Gasteiger partial charge in [0.05, 0.1) is 34.3 Å². The van der Waals surface area contributed by atoms with E-state index in [1.165, 1.54) is 11.8 Å². The Morgan fingerprint density at radius 3 is 2.37 bits per heavy atom. The van der Waals surface area contributed by atoms with E-state index >= 15 is 0 Å². The Morgan fingerprint density at radius 2 is 1.69 bits per heavy atom. The van der Waals surface area contributed by atoms with Gasteiger partial charge in [-0.2, -0.15) is 5.26 Å². The molecule has 0 aliphatic carbocycles. The zero-order valence-corrected chi connectivity index (χ0v) is 20.7. The van der Waals surface area contributed by atoms with E-state index in [0.717, 1.165) is 22.5 Å². The van der Waals surface area contributed by atoms with Crippen LogP contribution in [0.15, 0.2) is 82.7 Å². The average Bonchev–Trinajstić information content (AvgIpc) is 2.86. The van der Waals surface area contributed by atoms with Gasteiger partial charge in [-0.1, -0.05) is 60.3 Å². The Morgan fingerprint density at radius 1 is 1.03 bits per heavy atom. The summed E-state index contributed by atoms with van der Waals surface area (Å²) in [6.07, 6.45) is 0.222. The second-order valence-electron chi connectivity index (χ2n) is 8.29. The molecule has 7 heteroatoms. The highest BCUT2D eigenvalue weighted by Gasteiger charge is 2.26. The molecule has 0 saturated heterocycles. The Labute approximate surface area is 208 Å². The predicted molar refractivity (Wildman–Crippen MR) is 141 cm³/mol. The molecule has 0 aliphatic rings. The second kappa shape index (κ2) is 10.6. The third-order valence-electron chi connectivity index (χ3n) is 5.82. The van der Waals surface area contributed by atoms with Crippen LogP contribution in [0.25, 0.3) is 16.6 Å². The van der Waals surface area contributed by atoms with Crippen LogP contribution in [0.1, 0.15) is 24.5 Å². The Balaban J connectivity index is 1.80. The fraction of sp³-hybridized carbons (Fsp3) is 0.214. The first kappa shape index (κ1) is 24.2. The quantitative estimate of drug-likeness (QED) is 0.259. The van der Waals surface area contributed by atoms with Crippen LogP contribution in [0.5, 0.6) is 0 Å². The Kier molecular flexibility index (Phi) is 7.33. The smallest absolute Gasteiger partial charge is 0.266 e. The molecule has 1 heterocycles. The summed E-state index contributed by atoms with van der Waals surface area (Å²) in [6, 6.07) is 24.6. The number of hydrogen-bond acceptors (Lipinski definition) is 5. The summed E-state index contributed by atoms with van der Waals surface area (Å²) in [5.41, 5.74) is 3.84. The van der Waals surface area contributed by atoms with E-state index in [1.807, 2.05) is 87.5 Å². The Bertz CT molecular complexity index is 1450. The number of carbonyl (C=O) groups is 1. The van der Waals surface area contributed by atoms with Crippen molar-refractivity contribution in [3.8, 4) is 11.8 Å². The second-order valence-corrected chi connectivity index (χ2v) is 9.59. The summed E-state index contributed by atoms with van der Waals surface area (Å²) < 4.78 is 1.63. The van der Waals surface area contributed by atoms with Crippen molar-refractivity contribution in [3.63, 3.8) is 0 Å². The van der Waals surface area contributed by atoms with Gasteiger partial charge in [-0.25, -0.2) is 4.98 Å². The lowest BCUT2D eigenvalue weighted by molar-refractivity contribution is -0.117. The number of aryl methyl sites for hydroxylation is 2. The van der Waals surface area contributed by atoms with Gasteiger partial charge in [-0.05, 0) is 56.2 Å². The molecule has 176 valence electrons. The third-order valence-corrected chi connectivity index (χ3v) is 6.86. The zero-order chi connectivity index (χ0) is 24.9. The molecule has 0 radical (unpaired) electrons. The number of aromatic nitrogens is 2. The number of thioether (sulfide) groups is 1. The number of nitrogens with zero attached hydrogens (tertiary/aromatic N) is 4. The summed E-state index contributed by atoms with van der Waals surface area (Å²) in [6.45, 7) is 6.03. The van der Waals surface area contributed by atoms with E-state index in [-0.39, 0.29) is 17.9 Å². The number of nitriles is 1. The number of para-hydroxylation sites is 3. The van der Waals surface area contributed by atoms with Gasteiger partial charge in [0.2, 0.25) is 5.91 Å². The molecule has 4 aromatic rings. The van der Waals surface area contributed by atoms with Crippen LogP contribution in [0.2, 0.25) is 0 Å². The van der Waals surface area contributed by atoms with Gasteiger partial charge in [0, 0.05) is 12.2 Å². The number of benzene rings is 3. The van der Waals surface area contributed by atoms with Crippen LogP contribution in [0, 0.1) is 25.2 Å². The van der Waals surface area contributed by atoms with Crippen LogP contribution in [-0.2, 0) is 4.79 Å². The molecule has 4 rings (SSSR count). The van der Waals surface area contributed by atoms with Crippen LogP contribution < -0.4 is 10.5 Å². The van der Waals surface area contributed by atoms with Crippen LogP contribution in [0.3, 0.4) is 0 Å². The summed E-state index contributed by atoms with van der Waals surface area (Å²) >= 11 is 1.25. The molecule has 0 unspecified atom stereocenters. The number of fused-ring (bicyclic) bond motifs is 1. The molecule has 1 amide bonds. The monoisotopic (exact) mass is 482 g/mol. The maximum absolute atomic E-state index is 13.7. The topological polar surface area (TPSA) is 79.0 Å². The van der Waals surface area contributed by atoms with Crippen molar-refractivity contribution in [2.24, 2.45) is 0 Å². The predicted octanol–water partition coefficient (Wildman–Crippen LogP) is 5.43. The van der Waals surface area contributed by atoms with E-state index in [0.29, 0.717) is 22.6 Å². The Hall–Kier alpha value is -3.89. The molecular formula is C28H26N4O2S. The van der Waals surface area contributed by atoms with Gasteiger partial charge in [-0.15, -0.1) is 0 Å². The third kappa shape index (κ3) is 4.98. The molecule has 0 spiro atoms. The van der Waals surface area contributed by atoms with Gasteiger partial charge in [0.1, 0.15) is 0 Å². The minimum absolute atomic E-state index is 0.146. The maximum Gasteiger partial charge on any atom is 0.266 e. The minimum atomic E-state index is -0.544. The summed E-state index contributed by atoms with van der Waals surface area (Å²) in [4.78, 5) is 33.7. The van der Waals surface area contributed by atoms with Gasteiger partial charge in [-0.3, -0.25) is 14.2 Å². The molecule has 3 aromatic carbocycles. The molecule has 0 bridgehead atoms. The maximum atomic E-state index is 13.7. The molecule has 35 heavy (non-hydrogen) atoms. The van der Waals surface area contributed by atoms with Crippen molar-refractivity contribution in [3.05, 3.63) is 94.3 Å². The fourth-order valence-corrected chi connectivity index (χ4v) is 5.09. The van der Waals surface area contributed by atoms with Crippen molar-refractivity contribution in [2.45, 2.75) is 37.6 Å². The fourth-order valence-electron chi connectivity index (χ4n) is 4.11. The van der Waals surface area contributed by atoms with Crippen LogP contribution in [0.4, 0.5) is 5.69 Å². The molecule has 1 atom stereocenters. The van der Waals surface area contributed by atoms with Gasteiger partial charge < -0.3 is 4.90 Å². The van der Waals surface area contributed by atoms with E-state index in [9.17, 15) is 9.59 Å². The van der Waals surface area contributed by atoms with E-state index in [4.69, 9.17) is 10.2 Å². The first-order valence-electron chi connectivity index (χ1n) is 11.4. The van der Waals surface area contributed by atoms with E-state index in [2.05, 4.69) is 6.07 Å². The van der Waals surface area contributed by atoms with Crippen molar-refractivity contribution in [1.29, 1.82) is 5.26 Å². The van der Waals surface area contributed by atoms with E-state index in [1.54, 1.807) is 15.5 Å². The first-order valence-corrected chi connectivity index (χ1v) is 12.3. The minimum Gasteiger partial charge on any atom is -0.310 e.